The van der Waals surface area contributed by atoms with Gasteiger partial charge in [0.15, 0.2) is 0 Å². The molecule has 6 heteroatoms. The molecular weight excluding hydrogens is 294 g/mol. The Kier molecular flexibility index (Phi) is 5.71. The molecule has 0 unspecified atom stereocenters. The molecule has 126 valence electrons. The Balaban J connectivity index is 1.76. The van der Waals surface area contributed by atoms with E-state index in [4.69, 9.17) is 4.74 Å². The van der Waals surface area contributed by atoms with Crippen LogP contribution in [0.25, 0.3) is 0 Å². The molecule has 0 radical (unpaired) electrons. The molecule has 0 bridgehead atoms. The number of nitrogens with zero attached hydrogens (tertiary/aromatic N) is 3. The SMILES string of the molecule is CC(C)(C)OC(=O)N1CCN(CCc2cccc(N=O)c2)CC1. The van der Waals surface area contributed by atoms with Gasteiger partial charge in [-0.25, -0.2) is 4.79 Å². The van der Waals surface area contributed by atoms with E-state index in [-0.39, 0.29) is 6.09 Å². The molecule has 0 atom stereocenters. The Morgan fingerprint density at radius 1 is 1.22 bits per heavy atom. The van der Waals surface area contributed by atoms with Crippen LogP contribution >= 0.6 is 0 Å². The lowest BCUT2D eigenvalue weighted by Crippen LogP contribution is -2.50. The first-order chi connectivity index (χ1) is 10.9. The molecule has 1 heterocycles. The van der Waals surface area contributed by atoms with E-state index in [1.54, 1.807) is 11.0 Å². The zero-order valence-electron chi connectivity index (χ0n) is 14.1. The number of amides is 1. The summed E-state index contributed by atoms with van der Waals surface area (Å²) >= 11 is 0. The quantitative estimate of drug-likeness (QED) is 0.800. The fraction of sp³-hybridized carbons (Fsp3) is 0.588. The third kappa shape index (κ3) is 5.63. The fourth-order valence-corrected chi connectivity index (χ4v) is 2.54. The van der Waals surface area contributed by atoms with Crippen molar-refractivity contribution in [2.45, 2.75) is 32.8 Å². The number of carbonyl (C=O) groups is 1. The first kappa shape index (κ1) is 17.4. The van der Waals surface area contributed by atoms with E-state index >= 15 is 0 Å². The second-order valence-electron chi connectivity index (χ2n) is 6.82. The van der Waals surface area contributed by atoms with Crippen LogP contribution in [-0.4, -0.2) is 54.2 Å². The summed E-state index contributed by atoms with van der Waals surface area (Å²) < 4.78 is 5.40. The molecule has 1 fully saturated rings. The average Bonchev–Trinajstić information content (AvgIpc) is 2.52. The van der Waals surface area contributed by atoms with Gasteiger partial charge in [-0.05, 0) is 50.1 Å². The van der Waals surface area contributed by atoms with Crippen LogP contribution in [0.2, 0.25) is 0 Å². The number of piperazine rings is 1. The van der Waals surface area contributed by atoms with Gasteiger partial charge in [0.25, 0.3) is 0 Å². The van der Waals surface area contributed by atoms with Crippen molar-refractivity contribution in [1.82, 2.24) is 9.80 Å². The van der Waals surface area contributed by atoms with Crippen LogP contribution in [0.4, 0.5) is 10.5 Å². The van der Waals surface area contributed by atoms with E-state index in [1.807, 2.05) is 39.0 Å². The van der Waals surface area contributed by atoms with Gasteiger partial charge >= 0.3 is 6.09 Å². The second-order valence-corrected chi connectivity index (χ2v) is 6.82. The number of rotatable bonds is 4. The molecule has 0 spiro atoms. The van der Waals surface area contributed by atoms with Gasteiger partial charge in [0, 0.05) is 32.7 Å². The molecular formula is C17H25N3O3. The predicted octanol–water partition coefficient (Wildman–Crippen LogP) is 3.18. The van der Waals surface area contributed by atoms with Crippen molar-refractivity contribution in [1.29, 1.82) is 0 Å². The molecule has 23 heavy (non-hydrogen) atoms. The Labute approximate surface area is 137 Å². The molecule has 1 aliphatic rings. The van der Waals surface area contributed by atoms with E-state index < -0.39 is 5.60 Å². The molecule has 1 aromatic carbocycles. The van der Waals surface area contributed by atoms with Crippen molar-refractivity contribution in [3.8, 4) is 0 Å². The minimum absolute atomic E-state index is 0.234. The average molecular weight is 319 g/mol. The fourth-order valence-electron chi connectivity index (χ4n) is 2.54. The second kappa shape index (κ2) is 7.55. The van der Waals surface area contributed by atoms with Crippen molar-refractivity contribution < 1.29 is 9.53 Å². The summed E-state index contributed by atoms with van der Waals surface area (Å²) in [5, 5.41) is 2.96. The van der Waals surface area contributed by atoms with Crippen molar-refractivity contribution in [2.75, 3.05) is 32.7 Å². The largest absolute Gasteiger partial charge is 0.444 e. The minimum Gasteiger partial charge on any atom is -0.444 e. The Bertz CT molecular complexity index is 546. The van der Waals surface area contributed by atoms with Crippen LogP contribution in [0.15, 0.2) is 29.4 Å². The van der Waals surface area contributed by atoms with Gasteiger partial charge in [0.1, 0.15) is 11.3 Å². The standard InChI is InChI=1S/C17H25N3O3/c1-17(2,3)23-16(21)20-11-9-19(10-12-20)8-7-14-5-4-6-15(13-14)18-22/h4-6,13H,7-12H2,1-3H3. The van der Waals surface area contributed by atoms with Crippen molar-refractivity contribution in [3.63, 3.8) is 0 Å². The first-order valence-corrected chi connectivity index (χ1v) is 8.00. The van der Waals surface area contributed by atoms with Gasteiger partial charge in [-0.15, -0.1) is 4.91 Å². The summed E-state index contributed by atoms with van der Waals surface area (Å²) in [7, 11) is 0. The maximum absolute atomic E-state index is 12.0. The number of carbonyl (C=O) groups excluding carboxylic acids is 1. The molecule has 0 N–H and O–H groups in total. The molecule has 6 nitrogen and oxygen atoms in total. The third-order valence-electron chi connectivity index (χ3n) is 3.76. The van der Waals surface area contributed by atoms with Gasteiger partial charge in [-0.2, -0.15) is 0 Å². The highest BCUT2D eigenvalue weighted by molar-refractivity contribution is 5.68. The van der Waals surface area contributed by atoms with Gasteiger partial charge in [-0.1, -0.05) is 12.1 Å². The van der Waals surface area contributed by atoms with Gasteiger partial charge in [0.2, 0.25) is 0 Å². The molecule has 1 saturated heterocycles. The zero-order valence-corrected chi connectivity index (χ0v) is 14.1. The Morgan fingerprint density at radius 2 is 1.91 bits per heavy atom. The molecule has 1 aromatic rings. The lowest BCUT2D eigenvalue weighted by atomic mass is 10.1. The summed E-state index contributed by atoms with van der Waals surface area (Å²) in [6.45, 7) is 9.59. The summed E-state index contributed by atoms with van der Waals surface area (Å²) in [6.07, 6.45) is 0.636. The van der Waals surface area contributed by atoms with Crippen LogP contribution in [0.1, 0.15) is 26.3 Å². The van der Waals surface area contributed by atoms with Gasteiger partial charge in [-0.3, -0.25) is 4.90 Å². The lowest BCUT2D eigenvalue weighted by Gasteiger charge is -2.35. The molecule has 0 aromatic heterocycles. The topological polar surface area (TPSA) is 62.2 Å². The normalized spacial score (nSPS) is 16.2. The van der Waals surface area contributed by atoms with Crippen LogP contribution in [0.5, 0.6) is 0 Å². The van der Waals surface area contributed by atoms with Crippen molar-refractivity contribution >= 4 is 11.8 Å². The zero-order chi connectivity index (χ0) is 16.9. The highest BCUT2D eigenvalue weighted by Crippen LogP contribution is 2.15. The number of benzene rings is 1. The van der Waals surface area contributed by atoms with Crippen molar-refractivity contribution in [3.05, 3.63) is 34.7 Å². The summed E-state index contributed by atoms with van der Waals surface area (Å²) in [6, 6.07) is 7.39. The number of hydrogen-bond acceptors (Lipinski definition) is 5. The van der Waals surface area contributed by atoms with E-state index in [0.29, 0.717) is 18.8 Å². The van der Waals surface area contributed by atoms with Gasteiger partial charge in [0.05, 0.1) is 0 Å². The molecule has 0 saturated carbocycles. The van der Waals surface area contributed by atoms with E-state index in [0.717, 1.165) is 31.6 Å². The van der Waals surface area contributed by atoms with Crippen LogP contribution in [0, 0.1) is 4.91 Å². The van der Waals surface area contributed by atoms with Gasteiger partial charge < -0.3 is 9.64 Å². The predicted molar refractivity (Wildman–Crippen MR) is 89.8 cm³/mol. The number of hydrogen-bond donors (Lipinski definition) is 0. The molecule has 1 amide bonds. The van der Waals surface area contributed by atoms with Crippen LogP contribution < -0.4 is 0 Å². The number of ether oxygens (including phenoxy) is 1. The smallest absolute Gasteiger partial charge is 0.410 e. The summed E-state index contributed by atoms with van der Waals surface area (Å²) in [4.78, 5) is 26.7. The molecule has 2 rings (SSSR count). The van der Waals surface area contributed by atoms with E-state index in [9.17, 15) is 9.70 Å². The van der Waals surface area contributed by atoms with E-state index in [1.165, 1.54) is 0 Å². The maximum Gasteiger partial charge on any atom is 0.410 e. The minimum atomic E-state index is -0.453. The highest BCUT2D eigenvalue weighted by Gasteiger charge is 2.25. The molecule has 1 aliphatic heterocycles. The number of nitroso groups, excluding NO2 is 1. The highest BCUT2D eigenvalue weighted by atomic mass is 16.6. The van der Waals surface area contributed by atoms with Crippen LogP contribution in [0.3, 0.4) is 0 Å². The lowest BCUT2D eigenvalue weighted by molar-refractivity contribution is 0.0146. The monoisotopic (exact) mass is 319 g/mol. The summed E-state index contributed by atoms with van der Waals surface area (Å²) in [5.74, 6) is 0. The maximum atomic E-state index is 12.0. The van der Waals surface area contributed by atoms with Crippen molar-refractivity contribution in [2.24, 2.45) is 5.18 Å². The third-order valence-corrected chi connectivity index (χ3v) is 3.76. The Hall–Kier alpha value is -1.95. The summed E-state index contributed by atoms with van der Waals surface area (Å²) in [5.41, 5.74) is 1.13. The van der Waals surface area contributed by atoms with E-state index in [2.05, 4.69) is 10.1 Å². The van der Waals surface area contributed by atoms with Crippen LogP contribution in [-0.2, 0) is 11.2 Å². The Morgan fingerprint density at radius 3 is 2.52 bits per heavy atom. The first-order valence-electron chi connectivity index (χ1n) is 8.00. The molecule has 0 aliphatic carbocycles.